The second-order valence-corrected chi connectivity index (χ2v) is 7.79. The lowest BCUT2D eigenvalue weighted by atomic mass is 9.95. The summed E-state index contributed by atoms with van der Waals surface area (Å²) in [4.78, 5) is 0.147. The first-order chi connectivity index (χ1) is 9.78. The van der Waals surface area contributed by atoms with Gasteiger partial charge in [-0.1, -0.05) is 60.3 Å². The molecule has 0 amide bonds. The third-order valence-corrected chi connectivity index (χ3v) is 6.53. The predicted octanol–water partition coefficient (Wildman–Crippen LogP) is 2.49. The van der Waals surface area contributed by atoms with E-state index in [4.69, 9.17) is 0 Å². The summed E-state index contributed by atoms with van der Waals surface area (Å²) in [6.45, 7) is 5.37. The van der Waals surface area contributed by atoms with Crippen LogP contribution in [0.1, 0.15) is 27.2 Å². The van der Waals surface area contributed by atoms with Crippen LogP contribution in [0.25, 0.3) is 0 Å². The zero-order valence-electron chi connectivity index (χ0n) is 12.3. The van der Waals surface area contributed by atoms with Gasteiger partial charge in [0.15, 0.2) is 0 Å². The van der Waals surface area contributed by atoms with E-state index in [2.05, 4.69) is 32.5 Å². The summed E-state index contributed by atoms with van der Waals surface area (Å²) < 4.78 is 26.3. The van der Waals surface area contributed by atoms with Crippen molar-refractivity contribution in [2.24, 2.45) is 5.92 Å². The molecule has 1 aromatic carbocycles. The van der Waals surface area contributed by atoms with Crippen LogP contribution in [0.2, 0.25) is 0 Å². The first kappa shape index (κ1) is 18.2. The third kappa shape index (κ3) is 4.30. The Balaban J connectivity index is 3.20. The van der Waals surface area contributed by atoms with Crippen LogP contribution >= 0.6 is 15.9 Å². The van der Waals surface area contributed by atoms with E-state index in [0.717, 1.165) is 0 Å². The van der Waals surface area contributed by atoms with Crippen molar-refractivity contribution in [3.63, 3.8) is 0 Å². The van der Waals surface area contributed by atoms with E-state index < -0.39 is 20.6 Å². The van der Waals surface area contributed by atoms with Crippen molar-refractivity contribution in [3.8, 4) is 11.8 Å². The zero-order chi connectivity index (χ0) is 16.1. The molecule has 0 aromatic heterocycles. The summed E-state index contributed by atoms with van der Waals surface area (Å²) in [5, 5.41) is 10.2. The minimum Gasteiger partial charge on any atom is -0.377 e. The zero-order valence-corrected chi connectivity index (χ0v) is 14.7. The Bertz CT molecular complexity index is 621. The lowest BCUT2D eigenvalue weighted by Gasteiger charge is -2.35. The molecule has 1 aromatic rings. The SMILES string of the molecule is CC#C[C@H](O)[C@](Br)(NS(=O)(=O)c1ccccc1)[C@@H](C)CC. The Hall–Kier alpha value is -0.870. The lowest BCUT2D eigenvalue weighted by Crippen LogP contribution is -2.55. The molecular weight excluding hydrogens is 354 g/mol. The number of halogens is 1. The third-order valence-electron chi connectivity index (χ3n) is 3.35. The standard InChI is InChI=1S/C15H20BrNO3S/c1-4-9-14(18)15(16,12(3)5-2)17-21(19,20)13-10-7-6-8-11-13/h6-8,10-12,14,17-18H,5H2,1-3H3/t12-,14-,15+/m0/s1. The summed E-state index contributed by atoms with van der Waals surface area (Å²) in [5.41, 5.74) is 0. The van der Waals surface area contributed by atoms with Crippen molar-refractivity contribution >= 4 is 26.0 Å². The molecule has 0 spiro atoms. The summed E-state index contributed by atoms with van der Waals surface area (Å²) in [6, 6.07) is 8.05. The summed E-state index contributed by atoms with van der Waals surface area (Å²) in [6.07, 6.45) is -0.485. The highest BCUT2D eigenvalue weighted by molar-refractivity contribution is 9.10. The molecule has 0 heterocycles. The number of aliphatic hydroxyl groups excluding tert-OH is 1. The van der Waals surface area contributed by atoms with Gasteiger partial charge in [0.2, 0.25) is 10.0 Å². The molecule has 2 N–H and O–H groups in total. The molecule has 0 bridgehead atoms. The van der Waals surface area contributed by atoms with Crippen LogP contribution in [0.5, 0.6) is 0 Å². The molecule has 0 fully saturated rings. The van der Waals surface area contributed by atoms with Crippen LogP contribution in [-0.2, 0) is 10.0 Å². The van der Waals surface area contributed by atoms with Crippen LogP contribution in [-0.4, -0.2) is 24.1 Å². The second-order valence-electron chi connectivity index (χ2n) is 4.79. The van der Waals surface area contributed by atoms with Gasteiger partial charge in [-0.15, -0.1) is 5.92 Å². The molecule has 6 heteroatoms. The van der Waals surface area contributed by atoms with Gasteiger partial charge in [-0.05, 0) is 25.0 Å². The van der Waals surface area contributed by atoms with Crippen molar-refractivity contribution in [1.29, 1.82) is 0 Å². The van der Waals surface area contributed by atoms with E-state index in [1.807, 2.05) is 13.8 Å². The minimum atomic E-state index is -3.76. The van der Waals surface area contributed by atoms with Crippen LogP contribution in [0.15, 0.2) is 35.2 Å². The summed E-state index contributed by atoms with van der Waals surface area (Å²) >= 11 is 3.37. The maximum absolute atomic E-state index is 12.5. The number of rotatable bonds is 6. The average molecular weight is 374 g/mol. The molecule has 0 aliphatic heterocycles. The van der Waals surface area contributed by atoms with E-state index in [1.54, 1.807) is 25.1 Å². The monoisotopic (exact) mass is 373 g/mol. The van der Waals surface area contributed by atoms with Crippen LogP contribution < -0.4 is 4.72 Å². The van der Waals surface area contributed by atoms with Crippen LogP contribution in [0.3, 0.4) is 0 Å². The van der Waals surface area contributed by atoms with E-state index >= 15 is 0 Å². The number of hydrogen-bond acceptors (Lipinski definition) is 3. The number of hydrogen-bond donors (Lipinski definition) is 2. The smallest absolute Gasteiger partial charge is 0.241 e. The molecule has 0 aliphatic rings. The van der Waals surface area contributed by atoms with E-state index in [0.29, 0.717) is 6.42 Å². The number of benzene rings is 1. The molecule has 4 nitrogen and oxygen atoms in total. The maximum Gasteiger partial charge on any atom is 0.241 e. The second kappa shape index (κ2) is 7.41. The Morgan fingerprint density at radius 1 is 1.38 bits per heavy atom. The molecule has 21 heavy (non-hydrogen) atoms. The van der Waals surface area contributed by atoms with Crippen LogP contribution in [0.4, 0.5) is 0 Å². The maximum atomic E-state index is 12.5. The van der Waals surface area contributed by atoms with Gasteiger partial charge < -0.3 is 5.11 Å². The van der Waals surface area contributed by atoms with Crippen molar-refractivity contribution in [2.45, 2.75) is 42.6 Å². The highest BCUT2D eigenvalue weighted by Gasteiger charge is 2.42. The predicted molar refractivity (Wildman–Crippen MR) is 87.3 cm³/mol. The molecule has 0 radical (unpaired) electrons. The fraction of sp³-hybridized carbons (Fsp3) is 0.467. The molecule has 0 aliphatic carbocycles. The molecular formula is C15H20BrNO3S. The van der Waals surface area contributed by atoms with Crippen LogP contribution in [0, 0.1) is 17.8 Å². The highest BCUT2D eigenvalue weighted by Crippen LogP contribution is 2.33. The summed E-state index contributed by atoms with van der Waals surface area (Å²) in [5.74, 6) is 5.06. The van der Waals surface area contributed by atoms with Gasteiger partial charge in [0, 0.05) is 0 Å². The van der Waals surface area contributed by atoms with Crippen molar-refractivity contribution in [2.75, 3.05) is 0 Å². The molecule has 116 valence electrons. The average Bonchev–Trinajstić information content (AvgIpc) is 2.47. The summed E-state index contributed by atoms with van der Waals surface area (Å²) in [7, 11) is -3.76. The first-order valence-corrected chi connectivity index (χ1v) is 8.93. The molecule has 0 unspecified atom stereocenters. The van der Waals surface area contributed by atoms with Gasteiger partial charge in [0.1, 0.15) is 10.6 Å². The largest absolute Gasteiger partial charge is 0.377 e. The van der Waals surface area contributed by atoms with E-state index in [1.165, 1.54) is 12.1 Å². The Kier molecular flexibility index (Phi) is 6.41. The number of aliphatic hydroxyl groups is 1. The normalized spacial score (nSPS) is 17.2. The molecule has 3 atom stereocenters. The Morgan fingerprint density at radius 2 is 1.95 bits per heavy atom. The van der Waals surface area contributed by atoms with Gasteiger partial charge in [0.25, 0.3) is 0 Å². The Morgan fingerprint density at radius 3 is 2.43 bits per heavy atom. The number of alkyl halides is 1. The van der Waals surface area contributed by atoms with Crippen molar-refractivity contribution in [3.05, 3.63) is 30.3 Å². The topological polar surface area (TPSA) is 66.4 Å². The van der Waals surface area contributed by atoms with Crippen molar-refractivity contribution in [1.82, 2.24) is 4.72 Å². The van der Waals surface area contributed by atoms with Crippen molar-refractivity contribution < 1.29 is 13.5 Å². The highest BCUT2D eigenvalue weighted by atomic mass is 79.9. The quantitative estimate of drug-likeness (QED) is 0.457. The number of sulfonamides is 1. The molecule has 0 saturated carbocycles. The van der Waals surface area contributed by atoms with Gasteiger partial charge in [-0.2, -0.15) is 4.72 Å². The Labute approximate surface area is 135 Å². The molecule has 1 rings (SSSR count). The lowest BCUT2D eigenvalue weighted by molar-refractivity contribution is 0.145. The van der Waals surface area contributed by atoms with Gasteiger partial charge in [0.05, 0.1) is 4.90 Å². The van der Waals surface area contributed by atoms with Gasteiger partial charge >= 0.3 is 0 Å². The van der Waals surface area contributed by atoms with Gasteiger partial charge in [-0.25, -0.2) is 8.42 Å². The number of nitrogens with one attached hydrogen (secondary N) is 1. The van der Waals surface area contributed by atoms with E-state index in [-0.39, 0.29) is 10.8 Å². The molecule has 0 saturated heterocycles. The van der Waals surface area contributed by atoms with Gasteiger partial charge in [-0.3, -0.25) is 0 Å². The fourth-order valence-corrected chi connectivity index (χ4v) is 4.26. The first-order valence-electron chi connectivity index (χ1n) is 6.66. The van der Waals surface area contributed by atoms with E-state index in [9.17, 15) is 13.5 Å². The fourth-order valence-electron chi connectivity index (χ4n) is 1.83. The minimum absolute atomic E-state index is 0.147.